The Hall–Kier alpha value is -0.340. The molecule has 1 N–H and O–H groups in total. The number of hydrogen-bond acceptors (Lipinski definition) is 1. The average Bonchev–Trinajstić information content (AvgIpc) is 2.44. The summed E-state index contributed by atoms with van der Waals surface area (Å²) in [4.78, 5) is 0. The van der Waals surface area contributed by atoms with Crippen LogP contribution >= 0.6 is 15.9 Å². The van der Waals surface area contributed by atoms with Gasteiger partial charge in [0.15, 0.2) is 0 Å². The van der Waals surface area contributed by atoms with Gasteiger partial charge >= 0.3 is 0 Å². The normalized spacial score (nSPS) is 14.3. The van der Waals surface area contributed by atoms with Gasteiger partial charge in [-0.2, -0.15) is 0 Å². The van der Waals surface area contributed by atoms with Crippen molar-refractivity contribution >= 4 is 15.9 Å². The third kappa shape index (κ3) is 6.58. The molecule has 0 amide bonds. The minimum absolute atomic E-state index is 0.600. The topological polar surface area (TPSA) is 12.0 Å². The van der Waals surface area contributed by atoms with Crippen molar-refractivity contribution in [3.63, 3.8) is 0 Å². The summed E-state index contributed by atoms with van der Waals surface area (Å²) in [6.07, 6.45) is 7.79. The summed E-state index contributed by atoms with van der Waals surface area (Å²) in [5.74, 6) is 0.868. The standard InChI is InChI=1S/C17H28BrN/c1-4-6-7-14(5-2)12-17(19-3)13-15-8-10-16(18)11-9-15/h8-11,14,17,19H,4-7,12-13H2,1-3H3. The lowest BCUT2D eigenvalue weighted by Crippen LogP contribution is -2.30. The molecule has 0 saturated heterocycles. The summed E-state index contributed by atoms with van der Waals surface area (Å²) in [6, 6.07) is 9.32. The van der Waals surface area contributed by atoms with Gasteiger partial charge in [0.2, 0.25) is 0 Å². The van der Waals surface area contributed by atoms with Gasteiger partial charge in [-0.25, -0.2) is 0 Å². The fraction of sp³-hybridized carbons (Fsp3) is 0.647. The van der Waals surface area contributed by atoms with Crippen molar-refractivity contribution in [2.45, 2.75) is 58.4 Å². The number of likely N-dealkylation sites (N-methyl/N-ethyl adjacent to an activating group) is 1. The van der Waals surface area contributed by atoms with Crippen molar-refractivity contribution in [2.75, 3.05) is 7.05 Å². The molecule has 0 aliphatic heterocycles. The molecule has 0 saturated carbocycles. The predicted molar refractivity (Wildman–Crippen MR) is 88.6 cm³/mol. The van der Waals surface area contributed by atoms with Gasteiger partial charge in [-0.15, -0.1) is 0 Å². The highest BCUT2D eigenvalue weighted by atomic mass is 79.9. The summed E-state index contributed by atoms with van der Waals surface area (Å²) in [7, 11) is 2.09. The number of rotatable bonds is 9. The third-order valence-corrected chi connectivity index (χ3v) is 4.49. The number of unbranched alkanes of at least 4 members (excludes halogenated alkanes) is 1. The molecular weight excluding hydrogens is 298 g/mol. The molecule has 0 spiro atoms. The summed E-state index contributed by atoms with van der Waals surface area (Å²) in [5, 5.41) is 3.49. The van der Waals surface area contributed by atoms with E-state index in [4.69, 9.17) is 0 Å². The van der Waals surface area contributed by atoms with Crippen molar-refractivity contribution in [3.8, 4) is 0 Å². The molecule has 1 rings (SSSR count). The van der Waals surface area contributed by atoms with E-state index in [1.165, 1.54) is 37.7 Å². The van der Waals surface area contributed by atoms with Gasteiger partial charge in [0.25, 0.3) is 0 Å². The number of halogens is 1. The van der Waals surface area contributed by atoms with Crippen LogP contribution in [0.3, 0.4) is 0 Å². The monoisotopic (exact) mass is 325 g/mol. The van der Waals surface area contributed by atoms with E-state index in [0.717, 1.165) is 16.8 Å². The Kier molecular flexibility index (Phi) is 8.40. The maximum absolute atomic E-state index is 3.49. The Bertz CT molecular complexity index is 334. The Morgan fingerprint density at radius 2 is 1.84 bits per heavy atom. The van der Waals surface area contributed by atoms with Crippen molar-refractivity contribution in [2.24, 2.45) is 5.92 Å². The molecule has 19 heavy (non-hydrogen) atoms. The third-order valence-electron chi connectivity index (χ3n) is 3.96. The molecule has 0 aliphatic rings. The average molecular weight is 326 g/mol. The van der Waals surface area contributed by atoms with Gasteiger partial charge in [-0.3, -0.25) is 0 Å². The summed E-state index contributed by atoms with van der Waals surface area (Å²) in [6.45, 7) is 4.61. The zero-order valence-corrected chi connectivity index (χ0v) is 14.2. The number of hydrogen-bond donors (Lipinski definition) is 1. The highest BCUT2D eigenvalue weighted by Gasteiger charge is 2.14. The molecule has 0 aliphatic carbocycles. The van der Waals surface area contributed by atoms with Gasteiger partial charge in [0.05, 0.1) is 0 Å². The van der Waals surface area contributed by atoms with Crippen molar-refractivity contribution < 1.29 is 0 Å². The molecule has 0 heterocycles. The van der Waals surface area contributed by atoms with Crippen molar-refractivity contribution in [1.82, 2.24) is 5.32 Å². The fourth-order valence-electron chi connectivity index (χ4n) is 2.59. The molecule has 0 fully saturated rings. The van der Waals surface area contributed by atoms with Crippen LogP contribution in [0, 0.1) is 5.92 Å². The molecular formula is C17H28BrN. The van der Waals surface area contributed by atoms with Gasteiger partial charge in [-0.1, -0.05) is 67.6 Å². The van der Waals surface area contributed by atoms with Crippen LogP contribution in [0.15, 0.2) is 28.7 Å². The molecule has 108 valence electrons. The molecule has 0 aromatic heterocycles. The molecule has 0 bridgehead atoms. The van der Waals surface area contributed by atoms with Crippen LogP contribution in [0.1, 0.15) is 51.5 Å². The molecule has 1 nitrogen and oxygen atoms in total. The maximum atomic E-state index is 3.49. The van der Waals surface area contributed by atoms with Crippen LogP contribution < -0.4 is 5.32 Å². The second-order valence-electron chi connectivity index (χ2n) is 5.47. The van der Waals surface area contributed by atoms with Gasteiger partial charge in [0, 0.05) is 10.5 Å². The van der Waals surface area contributed by atoms with E-state index >= 15 is 0 Å². The number of nitrogens with one attached hydrogen (secondary N) is 1. The zero-order chi connectivity index (χ0) is 14.1. The van der Waals surface area contributed by atoms with Crippen LogP contribution in [0.5, 0.6) is 0 Å². The Morgan fingerprint density at radius 1 is 1.16 bits per heavy atom. The SMILES string of the molecule is CCCCC(CC)CC(Cc1ccc(Br)cc1)NC. The summed E-state index contributed by atoms with van der Waals surface area (Å²) < 4.78 is 1.16. The first kappa shape index (κ1) is 16.7. The summed E-state index contributed by atoms with van der Waals surface area (Å²) in [5.41, 5.74) is 1.42. The quantitative estimate of drug-likeness (QED) is 0.659. The maximum Gasteiger partial charge on any atom is 0.0175 e. The van der Waals surface area contributed by atoms with Crippen LogP contribution in [0.4, 0.5) is 0 Å². The highest BCUT2D eigenvalue weighted by Crippen LogP contribution is 2.21. The Morgan fingerprint density at radius 3 is 2.37 bits per heavy atom. The predicted octanol–water partition coefficient (Wildman–Crippen LogP) is 5.19. The molecule has 2 heteroatoms. The van der Waals surface area contributed by atoms with E-state index in [0.29, 0.717) is 6.04 Å². The molecule has 0 radical (unpaired) electrons. The van der Waals surface area contributed by atoms with E-state index < -0.39 is 0 Å². The zero-order valence-electron chi connectivity index (χ0n) is 12.6. The first-order valence-corrected chi connectivity index (χ1v) is 8.40. The van der Waals surface area contributed by atoms with Crippen molar-refractivity contribution in [3.05, 3.63) is 34.3 Å². The Labute approximate surface area is 127 Å². The fourth-order valence-corrected chi connectivity index (χ4v) is 2.86. The first-order valence-electron chi connectivity index (χ1n) is 7.61. The minimum Gasteiger partial charge on any atom is -0.317 e. The van der Waals surface area contributed by atoms with Crippen LogP contribution in [-0.2, 0) is 6.42 Å². The largest absolute Gasteiger partial charge is 0.317 e. The second-order valence-corrected chi connectivity index (χ2v) is 6.38. The molecule has 2 atom stereocenters. The van der Waals surface area contributed by atoms with Crippen molar-refractivity contribution in [1.29, 1.82) is 0 Å². The lowest BCUT2D eigenvalue weighted by atomic mass is 9.89. The molecule has 1 aromatic rings. The lowest BCUT2D eigenvalue weighted by Gasteiger charge is -2.22. The second kappa shape index (κ2) is 9.55. The van der Waals surface area contributed by atoms with Gasteiger partial charge in [-0.05, 0) is 43.5 Å². The van der Waals surface area contributed by atoms with Gasteiger partial charge in [0.1, 0.15) is 0 Å². The van der Waals surface area contributed by atoms with E-state index in [1.54, 1.807) is 0 Å². The Balaban J connectivity index is 2.49. The van der Waals surface area contributed by atoms with E-state index in [2.05, 4.69) is 66.4 Å². The van der Waals surface area contributed by atoms with Crippen LogP contribution in [0.25, 0.3) is 0 Å². The lowest BCUT2D eigenvalue weighted by molar-refractivity contribution is 0.358. The number of benzene rings is 1. The van der Waals surface area contributed by atoms with Crippen LogP contribution in [0.2, 0.25) is 0 Å². The minimum atomic E-state index is 0.600. The van der Waals surface area contributed by atoms with Gasteiger partial charge < -0.3 is 5.32 Å². The van der Waals surface area contributed by atoms with E-state index in [1.807, 2.05) is 0 Å². The smallest absolute Gasteiger partial charge is 0.0175 e. The molecule has 1 aromatic carbocycles. The summed E-state index contributed by atoms with van der Waals surface area (Å²) >= 11 is 3.49. The van der Waals surface area contributed by atoms with E-state index in [-0.39, 0.29) is 0 Å². The van der Waals surface area contributed by atoms with Crippen LogP contribution in [-0.4, -0.2) is 13.1 Å². The molecule has 2 unspecified atom stereocenters. The highest BCUT2D eigenvalue weighted by molar-refractivity contribution is 9.10. The van der Waals surface area contributed by atoms with E-state index in [9.17, 15) is 0 Å². The first-order chi connectivity index (χ1) is 9.19.